The lowest BCUT2D eigenvalue weighted by Crippen LogP contribution is -2.04. The molecule has 0 saturated heterocycles. The molecular formula is C21H23N5O2. The Morgan fingerprint density at radius 1 is 1.11 bits per heavy atom. The molecule has 2 N–H and O–H groups in total. The SMILES string of the molecule is CNCc1ccc(-c2cc(-c3nc(-c4ccc(=O)[nH]c4)cnc3C)on2)cc1.[HH].[HH]. The minimum absolute atomic E-state index is 0. The first-order chi connectivity index (χ1) is 13.6. The Labute approximate surface area is 164 Å². The van der Waals surface area contributed by atoms with Gasteiger partial charge in [-0.05, 0) is 25.6 Å². The molecule has 0 saturated carbocycles. The minimum Gasteiger partial charge on any atom is -0.354 e. The molecule has 0 aliphatic rings. The quantitative estimate of drug-likeness (QED) is 0.551. The van der Waals surface area contributed by atoms with Gasteiger partial charge in [0.25, 0.3) is 0 Å². The molecule has 0 unspecified atom stereocenters. The van der Waals surface area contributed by atoms with Crippen molar-refractivity contribution in [2.45, 2.75) is 13.5 Å². The van der Waals surface area contributed by atoms with Gasteiger partial charge >= 0.3 is 0 Å². The average Bonchev–Trinajstić information content (AvgIpc) is 3.20. The van der Waals surface area contributed by atoms with Crippen LogP contribution in [0.4, 0.5) is 0 Å². The van der Waals surface area contributed by atoms with Gasteiger partial charge < -0.3 is 14.8 Å². The molecule has 3 heterocycles. The Morgan fingerprint density at radius 2 is 1.89 bits per heavy atom. The molecule has 144 valence electrons. The summed E-state index contributed by atoms with van der Waals surface area (Å²) in [5.41, 5.74) is 5.52. The monoisotopic (exact) mass is 377 g/mol. The number of nitrogens with one attached hydrogen (secondary N) is 2. The molecule has 7 heteroatoms. The fourth-order valence-electron chi connectivity index (χ4n) is 2.91. The lowest BCUT2D eigenvalue weighted by atomic mass is 10.1. The highest BCUT2D eigenvalue weighted by Gasteiger charge is 2.14. The first-order valence-electron chi connectivity index (χ1n) is 8.88. The van der Waals surface area contributed by atoms with E-state index < -0.39 is 0 Å². The van der Waals surface area contributed by atoms with Crippen LogP contribution in [-0.4, -0.2) is 27.2 Å². The van der Waals surface area contributed by atoms with Gasteiger partial charge in [-0.1, -0.05) is 29.4 Å². The summed E-state index contributed by atoms with van der Waals surface area (Å²) in [7, 11) is 1.92. The molecule has 0 aliphatic carbocycles. The van der Waals surface area contributed by atoms with Crippen molar-refractivity contribution in [1.82, 2.24) is 25.4 Å². The van der Waals surface area contributed by atoms with Crippen molar-refractivity contribution in [1.29, 1.82) is 0 Å². The third kappa shape index (κ3) is 3.60. The largest absolute Gasteiger partial charge is 0.354 e. The predicted octanol–water partition coefficient (Wildman–Crippen LogP) is 3.67. The number of rotatable bonds is 5. The van der Waals surface area contributed by atoms with Gasteiger partial charge in [0.2, 0.25) is 5.56 Å². The van der Waals surface area contributed by atoms with Crippen LogP contribution in [-0.2, 0) is 6.54 Å². The highest BCUT2D eigenvalue weighted by molar-refractivity contribution is 5.68. The Kier molecular flexibility index (Phi) is 4.82. The molecule has 4 rings (SSSR count). The van der Waals surface area contributed by atoms with Gasteiger partial charge in [0.05, 0.1) is 17.6 Å². The van der Waals surface area contributed by atoms with E-state index in [-0.39, 0.29) is 8.41 Å². The molecule has 3 aromatic heterocycles. The number of hydrogen-bond donors (Lipinski definition) is 2. The zero-order chi connectivity index (χ0) is 19.5. The van der Waals surface area contributed by atoms with Gasteiger partial charge in [-0.25, -0.2) is 4.98 Å². The van der Waals surface area contributed by atoms with Crippen LogP contribution in [0, 0.1) is 6.92 Å². The third-order valence-corrected chi connectivity index (χ3v) is 4.41. The van der Waals surface area contributed by atoms with Gasteiger partial charge in [0, 0.05) is 38.9 Å². The fourth-order valence-corrected chi connectivity index (χ4v) is 2.91. The van der Waals surface area contributed by atoms with E-state index in [2.05, 4.69) is 37.6 Å². The molecule has 0 radical (unpaired) electrons. The first-order valence-corrected chi connectivity index (χ1v) is 8.88. The molecule has 0 fully saturated rings. The normalized spacial score (nSPS) is 10.9. The first kappa shape index (κ1) is 17.8. The summed E-state index contributed by atoms with van der Waals surface area (Å²) in [4.78, 5) is 23.0. The number of nitrogens with zero attached hydrogens (tertiary/aromatic N) is 3. The third-order valence-electron chi connectivity index (χ3n) is 4.41. The second-order valence-electron chi connectivity index (χ2n) is 6.43. The highest BCUT2D eigenvalue weighted by Crippen LogP contribution is 2.28. The van der Waals surface area contributed by atoms with Crippen LogP contribution in [0.25, 0.3) is 34.0 Å². The van der Waals surface area contributed by atoms with Crippen molar-refractivity contribution in [3.63, 3.8) is 0 Å². The molecule has 0 spiro atoms. The lowest BCUT2D eigenvalue weighted by Gasteiger charge is -2.04. The summed E-state index contributed by atoms with van der Waals surface area (Å²) in [6.07, 6.45) is 3.29. The van der Waals surface area contributed by atoms with E-state index in [0.29, 0.717) is 17.1 Å². The van der Waals surface area contributed by atoms with E-state index >= 15 is 0 Å². The zero-order valence-electron chi connectivity index (χ0n) is 15.6. The van der Waals surface area contributed by atoms with Crippen LogP contribution >= 0.6 is 0 Å². The summed E-state index contributed by atoms with van der Waals surface area (Å²) in [6, 6.07) is 13.2. The molecule has 0 bridgehead atoms. The maximum absolute atomic E-state index is 11.3. The van der Waals surface area contributed by atoms with Gasteiger partial charge in [-0.3, -0.25) is 9.78 Å². The minimum atomic E-state index is -0.162. The number of pyridine rings is 1. The standard InChI is InChI=1S/C21H19N5O2.2H2/c1-13-21(25-18(12-23-13)16-7-8-20(27)24-11-16)19-9-17(26-28-19)15-5-3-14(4-6-15)10-22-2;;/h3-9,11-12,22H,10H2,1-2H3,(H,24,27);2*1H. The predicted molar refractivity (Wildman–Crippen MR) is 111 cm³/mol. The molecule has 28 heavy (non-hydrogen) atoms. The van der Waals surface area contributed by atoms with Crippen LogP contribution in [0.5, 0.6) is 0 Å². The van der Waals surface area contributed by atoms with Crippen molar-refractivity contribution in [3.05, 3.63) is 76.5 Å². The molecule has 0 amide bonds. The molecule has 0 atom stereocenters. The second kappa shape index (κ2) is 7.58. The number of aromatic amines is 1. The maximum atomic E-state index is 11.3. The van der Waals surface area contributed by atoms with Crippen molar-refractivity contribution in [2.75, 3.05) is 7.05 Å². The van der Waals surface area contributed by atoms with Gasteiger partial charge in [0.15, 0.2) is 5.76 Å². The van der Waals surface area contributed by atoms with Crippen LogP contribution in [0.1, 0.15) is 14.1 Å². The second-order valence-corrected chi connectivity index (χ2v) is 6.43. The average molecular weight is 377 g/mol. The van der Waals surface area contributed by atoms with Crippen molar-refractivity contribution in [2.24, 2.45) is 0 Å². The van der Waals surface area contributed by atoms with Crippen LogP contribution in [0.2, 0.25) is 0 Å². The molecule has 4 aromatic rings. The van der Waals surface area contributed by atoms with E-state index in [1.807, 2.05) is 32.2 Å². The molecular weight excluding hydrogens is 354 g/mol. The van der Waals surface area contributed by atoms with Gasteiger partial charge in [-0.2, -0.15) is 0 Å². The lowest BCUT2D eigenvalue weighted by molar-refractivity contribution is 0.433. The summed E-state index contributed by atoms with van der Waals surface area (Å²) < 4.78 is 5.55. The number of H-pyrrole nitrogens is 1. The Balaban J connectivity index is 0.00000160. The number of aromatic nitrogens is 4. The summed E-state index contributed by atoms with van der Waals surface area (Å²) in [5, 5.41) is 7.32. The van der Waals surface area contributed by atoms with Crippen molar-refractivity contribution >= 4 is 0 Å². The Hall–Kier alpha value is -3.58. The molecule has 0 aliphatic heterocycles. The number of hydrogen-bond acceptors (Lipinski definition) is 6. The van der Waals surface area contributed by atoms with E-state index in [1.165, 1.54) is 11.6 Å². The maximum Gasteiger partial charge on any atom is 0.247 e. The number of aryl methyl sites for hydroxylation is 1. The summed E-state index contributed by atoms with van der Waals surface area (Å²) >= 11 is 0. The topological polar surface area (TPSA) is 96.7 Å². The smallest absolute Gasteiger partial charge is 0.247 e. The van der Waals surface area contributed by atoms with Gasteiger partial charge in [0.1, 0.15) is 11.4 Å². The molecule has 7 nitrogen and oxygen atoms in total. The zero-order valence-corrected chi connectivity index (χ0v) is 15.6. The number of benzene rings is 1. The van der Waals surface area contributed by atoms with E-state index in [1.54, 1.807) is 18.5 Å². The summed E-state index contributed by atoms with van der Waals surface area (Å²) in [5.74, 6) is 0.547. The van der Waals surface area contributed by atoms with E-state index in [0.717, 1.165) is 29.1 Å². The Bertz CT molecular complexity index is 1150. The van der Waals surface area contributed by atoms with Crippen molar-refractivity contribution in [3.8, 4) is 34.0 Å². The van der Waals surface area contributed by atoms with E-state index in [9.17, 15) is 4.79 Å². The van der Waals surface area contributed by atoms with Crippen molar-refractivity contribution < 1.29 is 7.38 Å². The van der Waals surface area contributed by atoms with Crippen LogP contribution in [0.3, 0.4) is 0 Å². The summed E-state index contributed by atoms with van der Waals surface area (Å²) in [6.45, 7) is 2.68. The molecule has 1 aromatic carbocycles. The highest BCUT2D eigenvalue weighted by atomic mass is 16.5. The van der Waals surface area contributed by atoms with Crippen LogP contribution < -0.4 is 10.9 Å². The fraction of sp³-hybridized carbons (Fsp3) is 0.143. The van der Waals surface area contributed by atoms with Gasteiger partial charge in [-0.15, -0.1) is 0 Å². The van der Waals surface area contributed by atoms with E-state index in [4.69, 9.17) is 4.52 Å². The Morgan fingerprint density at radius 3 is 2.61 bits per heavy atom. The van der Waals surface area contributed by atoms with Crippen LogP contribution in [0.15, 0.2) is 64.2 Å².